The molecule has 3 rings (SSSR count). The van der Waals surface area contributed by atoms with Gasteiger partial charge in [-0.05, 0) is 63.2 Å². The first-order valence-corrected chi connectivity index (χ1v) is 30.4. The number of hydrogen-bond acceptors (Lipinski definition) is 19. The molecule has 2 aliphatic heterocycles. The van der Waals surface area contributed by atoms with E-state index in [1.807, 2.05) is 57.8 Å². The third-order valence-electron chi connectivity index (χ3n) is 13.8. The lowest BCUT2D eigenvalue weighted by Gasteiger charge is -2.38. The van der Waals surface area contributed by atoms with Gasteiger partial charge in [0.1, 0.15) is 30.0 Å². The van der Waals surface area contributed by atoms with Gasteiger partial charge in [-0.2, -0.15) is 23.5 Å². The number of carbonyl (C=O) groups is 10. The largest absolute Gasteiger partial charge is 0.480 e. The lowest BCUT2D eigenvalue weighted by Crippen LogP contribution is -2.64. The molecule has 0 saturated carbocycles. The average Bonchev–Trinajstić information content (AvgIpc) is 3.42. The highest BCUT2D eigenvalue weighted by Crippen LogP contribution is 2.24. The number of aromatic nitrogens is 1. The van der Waals surface area contributed by atoms with Crippen molar-refractivity contribution in [3.8, 4) is 0 Å². The van der Waals surface area contributed by atoms with Crippen molar-refractivity contribution in [3.05, 3.63) is 29.6 Å². The summed E-state index contributed by atoms with van der Waals surface area (Å²) in [5.41, 5.74) is 11.6. The molecule has 6 amide bonds. The Labute approximate surface area is 490 Å². The number of rotatable bonds is 35. The summed E-state index contributed by atoms with van der Waals surface area (Å²) in [4.78, 5) is 132. The smallest absolute Gasteiger partial charge is 0.317 e. The zero-order valence-corrected chi connectivity index (χ0v) is 50.2. The SMILES string of the molecule is CC[C@H](C)[C@H](NC(=O)[C@H](CC(C)C)NC(=O)C1(NC(=O)CCSCc2cccc(CSCCC(=O)N[C@H](CCCCNC)C(N)=O)n2)CCOCC1)C(N)=O.O=CCN1CCN(CC(=O)O)CCN(CC(=O)O)CCN(CC(=O)O)CC1. The predicted molar refractivity (Wildman–Crippen MR) is 312 cm³/mol. The molecule has 0 bridgehead atoms. The van der Waals surface area contributed by atoms with Gasteiger partial charge in [0.15, 0.2) is 0 Å². The minimum Gasteiger partial charge on any atom is -0.480 e. The third kappa shape index (κ3) is 30.7. The molecule has 2 saturated heterocycles. The number of thioether (sulfide) groups is 2. The first-order valence-electron chi connectivity index (χ1n) is 28.1. The van der Waals surface area contributed by atoms with Crippen molar-refractivity contribution < 1.29 is 68.0 Å². The van der Waals surface area contributed by atoms with Crippen LogP contribution in [0.25, 0.3) is 0 Å². The molecule has 26 nitrogen and oxygen atoms in total. The van der Waals surface area contributed by atoms with Crippen molar-refractivity contribution in [2.75, 3.05) is 117 Å². The van der Waals surface area contributed by atoms with E-state index < -0.39 is 65.2 Å². The number of nitrogens with one attached hydrogen (secondary N) is 5. The Balaban J connectivity index is 0.000000710. The molecule has 1 aromatic rings. The van der Waals surface area contributed by atoms with E-state index in [9.17, 15) is 47.9 Å². The zero-order chi connectivity index (χ0) is 61.0. The number of primary amides is 2. The quantitative estimate of drug-likeness (QED) is 0.0304. The van der Waals surface area contributed by atoms with Crippen LogP contribution in [0.3, 0.4) is 0 Å². The van der Waals surface area contributed by atoms with Crippen LogP contribution in [0.4, 0.5) is 0 Å². The number of unbranched alkanes of at least 4 members (excludes halogenated alkanes) is 1. The van der Waals surface area contributed by atoms with Gasteiger partial charge in [0.25, 0.3) is 0 Å². The first kappa shape index (κ1) is 72.6. The highest BCUT2D eigenvalue weighted by atomic mass is 32.2. The molecule has 464 valence electrons. The zero-order valence-electron chi connectivity index (χ0n) is 48.5. The van der Waals surface area contributed by atoms with Crippen LogP contribution in [-0.2, 0) is 64.2 Å². The summed E-state index contributed by atoms with van der Waals surface area (Å²) < 4.78 is 5.52. The standard InChI is InChI=1S/C38H64N8O7S2.C16H28N4O7/c1-6-26(4)33(35(40)50)45-36(51)30(22-25(2)3)44-37(52)38(15-18-53-19-16-38)46-32(48)14-21-55-24-28-11-9-10-27(42-28)23-54-20-13-31(47)43-29(34(39)49)12-7-8-17-41-5;21-10-9-17-1-3-18(11-14(22)23)5-7-20(13-16(26)27)8-6-19(4-2-17)12-15(24)25/h9-11,25-26,29-30,33,41H,6-8,12-24H2,1-5H3,(H2,39,49)(H2,40,50)(H,43,47)(H,44,52)(H,45,51)(H,46,48);10H,1-9,11-13H2,(H,22,23)(H,24,25)(H,26,27)/t26-,29+,30-,33-;/m0./s1. The number of nitrogens with zero attached hydrogens (tertiary/aromatic N) is 5. The highest BCUT2D eigenvalue weighted by Gasteiger charge is 2.43. The Bertz CT molecular complexity index is 2150. The lowest BCUT2D eigenvalue weighted by molar-refractivity contribution is -0.140. The molecule has 0 spiro atoms. The third-order valence-corrected chi connectivity index (χ3v) is 15.8. The van der Waals surface area contributed by atoms with Crippen LogP contribution in [0.1, 0.15) is 96.9 Å². The van der Waals surface area contributed by atoms with Gasteiger partial charge in [-0.1, -0.05) is 40.2 Å². The summed E-state index contributed by atoms with van der Waals surface area (Å²) in [6.07, 6.45) is 4.90. The van der Waals surface area contributed by atoms with Crippen molar-refractivity contribution in [3.63, 3.8) is 0 Å². The second-order valence-corrected chi connectivity index (χ2v) is 23.2. The molecule has 82 heavy (non-hydrogen) atoms. The van der Waals surface area contributed by atoms with Crippen LogP contribution in [0.5, 0.6) is 0 Å². The van der Waals surface area contributed by atoms with Gasteiger partial charge < -0.3 is 62.9 Å². The average molecular weight is 1200 g/mol. The summed E-state index contributed by atoms with van der Waals surface area (Å²) in [7, 11) is 1.87. The van der Waals surface area contributed by atoms with E-state index in [0.29, 0.717) is 94.6 Å². The van der Waals surface area contributed by atoms with Crippen LogP contribution < -0.4 is 38.1 Å². The normalized spacial score (nSPS) is 17.2. The van der Waals surface area contributed by atoms with Gasteiger partial charge in [0.05, 0.1) is 37.6 Å². The van der Waals surface area contributed by atoms with Gasteiger partial charge in [0.2, 0.25) is 35.4 Å². The number of carboxylic acid groups (broad SMARTS) is 3. The number of ether oxygens (including phenoxy) is 1. The summed E-state index contributed by atoms with van der Waals surface area (Å²) in [5.74, 6) is -3.37. The molecule has 2 aliphatic rings. The maximum Gasteiger partial charge on any atom is 0.317 e. The van der Waals surface area contributed by atoms with E-state index in [1.54, 1.807) is 38.2 Å². The molecule has 0 radical (unpaired) electrons. The topological polar surface area (TPSA) is 379 Å². The fourth-order valence-electron chi connectivity index (χ4n) is 8.93. The molecule has 28 heteroatoms. The first-order chi connectivity index (χ1) is 39.0. The van der Waals surface area contributed by atoms with Gasteiger partial charge in [-0.25, -0.2) is 0 Å². The van der Waals surface area contributed by atoms with Gasteiger partial charge in [-0.15, -0.1) is 0 Å². The second kappa shape index (κ2) is 40.7. The van der Waals surface area contributed by atoms with E-state index in [1.165, 1.54) is 0 Å². The van der Waals surface area contributed by atoms with Crippen LogP contribution in [0, 0.1) is 11.8 Å². The Hall–Kier alpha value is -5.49. The summed E-state index contributed by atoms with van der Waals surface area (Å²) in [6, 6.07) is 3.34. The number of pyridine rings is 1. The Morgan fingerprint density at radius 2 is 1.21 bits per heavy atom. The molecule has 12 N–H and O–H groups in total. The van der Waals surface area contributed by atoms with Gasteiger partial charge in [0, 0.05) is 114 Å². The predicted octanol–water partition coefficient (Wildman–Crippen LogP) is -0.439. The van der Waals surface area contributed by atoms with Crippen LogP contribution in [-0.4, -0.2) is 240 Å². The van der Waals surface area contributed by atoms with E-state index in [2.05, 4.69) is 26.6 Å². The minimum absolute atomic E-state index is 0.0585. The van der Waals surface area contributed by atoms with Crippen molar-refractivity contribution >= 4 is 83.2 Å². The van der Waals surface area contributed by atoms with Crippen molar-refractivity contribution in [1.29, 1.82) is 0 Å². The Morgan fingerprint density at radius 3 is 1.65 bits per heavy atom. The van der Waals surface area contributed by atoms with Gasteiger partial charge in [-0.3, -0.25) is 67.7 Å². The van der Waals surface area contributed by atoms with E-state index in [-0.39, 0.29) is 88.7 Å². The molecule has 0 aliphatic carbocycles. The monoisotopic (exact) mass is 1200 g/mol. The fourth-order valence-corrected chi connectivity index (χ4v) is 10.6. The molecule has 1 aromatic heterocycles. The van der Waals surface area contributed by atoms with Crippen LogP contribution in [0.15, 0.2) is 18.2 Å². The van der Waals surface area contributed by atoms with Crippen molar-refractivity contribution in [2.24, 2.45) is 23.3 Å². The summed E-state index contributed by atoms with van der Waals surface area (Å²) in [5, 5.41) is 41.6. The number of carboxylic acids is 3. The summed E-state index contributed by atoms with van der Waals surface area (Å²) in [6.45, 7) is 11.9. The Kier molecular flexibility index (Phi) is 36.0. The number of carbonyl (C=O) groups excluding carboxylic acids is 7. The van der Waals surface area contributed by atoms with E-state index >= 15 is 0 Å². The maximum atomic E-state index is 13.8. The highest BCUT2D eigenvalue weighted by molar-refractivity contribution is 7.98. The van der Waals surface area contributed by atoms with E-state index in [0.717, 1.165) is 37.1 Å². The number of amides is 6. The molecule has 2 fully saturated rings. The lowest BCUT2D eigenvalue weighted by atomic mass is 9.87. The molecule has 4 atom stereocenters. The second-order valence-electron chi connectivity index (χ2n) is 21.0. The van der Waals surface area contributed by atoms with Crippen molar-refractivity contribution in [2.45, 2.75) is 121 Å². The number of aldehydes is 1. The fraction of sp³-hybridized carbons (Fsp3) is 0.722. The van der Waals surface area contributed by atoms with Crippen LogP contribution >= 0.6 is 23.5 Å². The van der Waals surface area contributed by atoms with Gasteiger partial charge >= 0.3 is 17.9 Å². The minimum atomic E-state index is -1.24. The maximum absolute atomic E-state index is 13.8. The van der Waals surface area contributed by atoms with Crippen molar-refractivity contribution in [1.82, 2.24) is 51.2 Å². The van der Waals surface area contributed by atoms with E-state index in [4.69, 9.17) is 36.5 Å². The molecule has 0 aromatic carbocycles. The Morgan fingerprint density at radius 1 is 0.707 bits per heavy atom. The number of nitrogens with two attached hydrogens (primary N) is 2. The molecular weight excluding hydrogens is 1100 g/mol. The molecular formula is C54H92N12O14S2. The molecule has 0 unspecified atom stereocenters. The number of hydrogen-bond donors (Lipinski definition) is 10. The number of aliphatic carboxylic acids is 3. The molecule has 3 heterocycles. The summed E-state index contributed by atoms with van der Waals surface area (Å²) >= 11 is 3.13. The van der Waals surface area contributed by atoms with Crippen LogP contribution in [0.2, 0.25) is 0 Å².